The fourth-order valence-electron chi connectivity index (χ4n) is 3.68. The Morgan fingerprint density at radius 3 is 2.56 bits per heavy atom. The third kappa shape index (κ3) is 2.62. The molecule has 0 spiro atoms. The largest absolute Gasteiger partial charge is 0.368 e. The first-order chi connectivity index (χ1) is 12.3. The highest BCUT2D eigenvalue weighted by Gasteiger charge is 2.30. The zero-order valence-corrected chi connectivity index (χ0v) is 14.5. The molecule has 1 saturated carbocycles. The van der Waals surface area contributed by atoms with Crippen molar-refractivity contribution in [1.82, 2.24) is 19.6 Å². The van der Waals surface area contributed by atoms with Crippen molar-refractivity contribution in [3.8, 4) is 0 Å². The predicted molar refractivity (Wildman–Crippen MR) is 98.4 cm³/mol. The van der Waals surface area contributed by atoms with Gasteiger partial charge in [0.15, 0.2) is 5.82 Å². The lowest BCUT2D eigenvalue weighted by atomic mass is 10.2. The van der Waals surface area contributed by atoms with Gasteiger partial charge in [0, 0.05) is 50.2 Å². The van der Waals surface area contributed by atoms with Crippen LogP contribution in [0.1, 0.15) is 30.1 Å². The van der Waals surface area contributed by atoms with Gasteiger partial charge in [0.1, 0.15) is 5.82 Å². The number of aromatic nitrogens is 4. The molecule has 1 saturated heterocycles. The van der Waals surface area contributed by atoms with Crippen molar-refractivity contribution in [1.29, 1.82) is 0 Å². The molecule has 0 N–H and O–H groups in total. The summed E-state index contributed by atoms with van der Waals surface area (Å²) in [5.74, 6) is 2.64. The molecule has 25 heavy (non-hydrogen) atoms. The summed E-state index contributed by atoms with van der Waals surface area (Å²) in [7, 11) is 0. The van der Waals surface area contributed by atoms with Gasteiger partial charge in [-0.25, -0.2) is 4.98 Å². The highest BCUT2D eigenvalue weighted by molar-refractivity contribution is 5.65. The van der Waals surface area contributed by atoms with E-state index in [-0.39, 0.29) is 0 Å². The molecule has 2 aromatic heterocycles. The van der Waals surface area contributed by atoms with Crippen LogP contribution in [0, 0.1) is 6.92 Å². The van der Waals surface area contributed by atoms with Crippen LogP contribution >= 0.6 is 0 Å². The summed E-state index contributed by atoms with van der Waals surface area (Å²) in [4.78, 5) is 9.41. The van der Waals surface area contributed by atoms with Crippen molar-refractivity contribution in [2.45, 2.75) is 25.7 Å². The third-order valence-electron chi connectivity index (χ3n) is 5.22. The van der Waals surface area contributed by atoms with E-state index < -0.39 is 0 Å². The number of anilines is 2. The van der Waals surface area contributed by atoms with Crippen molar-refractivity contribution in [2.24, 2.45) is 0 Å². The Kier molecular flexibility index (Phi) is 3.36. The van der Waals surface area contributed by atoms with Crippen LogP contribution in [0.5, 0.6) is 0 Å². The van der Waals surface area contributed by atoms with Crippen molar-refractivity contribution >= 4 is 17.2 Å². The summed E-state index contributed by atoms with van der Waals surface area (Å²) < 4.78 is 2.13. The fraction of sp³-hybridized carbons (Fsp3) is 0.421. The average Bonchev–Trinajstić information content (AvgIpc) is 3.40. The Labute approximate surface area is 147 Å². The number of hydrogen-bond acceptors (Lipinski definition) is 5. The lowest BCUT2D eigenvalue weighted by molar-refractivity contribution is 0.647. The fourth-order valence-corrected chi connectivity index (χ4v) is 3.68. The van der Waals surface area contributed by atoms with Crippen LogP contribution < -0.4 is 9.80 Å². The molecule has 2 aliphatic rings. The molecule has 2 fully saturated rings. The van der Waals surface area contributed by atoms with Crippen LogP contribution in [0.2, 0.25) is 0 Å². The van der Waals surface area contributed by atoms with Crippen LogP contribution in [0.4, 0.5) is 11.5 Å². The minimum atomic E-state index is 0.586. The first-order valence-electron chi connectivity index (χ1n) is 9.06. The number of rotatable bonds is 3. The molecule has 0 bridgehead atoms. The molecule has 0 radical (unpaired) electrons. The van der Waals surface area contributed by atoms with Gasteiger partial charge in [0.25, 0.3) is 0 Å². The quantitative estimate of drug-likeness (QED) is 0.737. The molecule has 3 heterocycles. The van der Waals surface area contributed by atoms with Gasteiger partial charge in [0.2, 0.25) is 5.65 Å². The molecular formula is C19H22N6. The predicted octanol–water partition coefficient (Wildman–Crippen LogP) is 2.64. The zero-order chi connectivity index (χ0) is 16.8. The smallest absolute Gasteiger partial charge is 0.203 e. The van der Waals surface area contributed by atoms with Gasteiger partial charge in [-0.15, -0.1) is 10.2 Å². The van der Waals surface area contributed by atoms with Crippen LogP contribution in [0.25, 0.3) is 5.65 Å². The maximum atomic E-state index is 4.62. The van der Waals surface area contributed by atoms with Crippen LogP contribution in [0.3, 0.4) is 0 Å². The molecular weight excluding hydrogens is 312 g/mol. The highest BCUT2D eigenvalue weighted by atomic mass is 15.3. The van der Waals surface area contributed by atoms with Gasteiger partial charge in [-0.05, 0) is 37.5 Å². The molecule has 0 unspecified atom stereocenters. The Morgan fingerprint density at radius 2 is 1.80 bits per heavy atom. The molecule has 1 aromatic carbocycles. The summed E-state index contributed by atoms with van der Waals surface area (Å²) in [6.45, 7) is 6.04. The molecule has 6 heteroatoms. The van der Waals surface area contributed by atoms with Gasteiger partial charge in [0.05, 0.1) is 0 Å². The van der Waals surface area contributed by atoms with E-state index in [0.29, 0.717) is 5.92 Å². The van der Waals surface area contributed by atoms with Crippen LogP contribution in [0.15, 0.2) is 36.7 Å². The van der Waals surface area contributed by atoms with Gasteiger partial charge < -0.3 is 9.80 Å². The van der Waals surface area contributed by atoms with E-state index in [2.05, 4.69) is 60.6 Å². The highest BCUT2D eigenvalue weighted by Crippen LogP contribution is 2.39. The molecule has 1 aliphatic carbocycles. The Hall–Kier alpha value is -2.63. The minimum Gasteiger partial charge on any atom is -0.368 e. The second kappa shape index (κ2) is 5.72. The van der Waals surface area contributed by atoms with Crippen molar-refractivity contribution in [2.75, 3.05) is 36.0 Å². The summed E-state index contributed by atoms with van der Waals surface area (Å²) in [6.07, 6.45) is 6.33. The SMILES string of the molecule is Cc1cccc(N2CCN(c3nccn4c(C5CC5)nnc34)CC2)c1. The lowest BCUT2D eigenvalue weighted by Crippen LogP contribution is -2.47. The van der Waals surface area contributed by atoms with Gasteiger partial charge in [-0.1, -0.05) is 12.1 Å². The van der Waals surface area contributed by atoms with E-state index >= 15 is 0 Å². The number of benzene rings is 1. The summed E-state index contributed by atoms with van der Waals surface area (Å²) in [5.41, 5.74) is 3.51. The molecule has 1 aliphatic heterocycles. The topological polar surface area (TPSA) is 49.6 Å². The number of nitrogens with zero attached hydrogens (tertiary/aromatic N) is 6. The second-order valence-corrected chi connectivity index (χ2v) is 7.09. The van der Waals surface area contributed by atoms with Crippen molar-refractivity contribution in [3.05, 3.63) is 48.0 Å². The van der Waals surface area contributed by atoms with Crippen LogP contribution in [-0.4, -0.2) is 45.8 Å². The molecule has 5 rings (SSSR count). The maximum absolute atomic E-state index is 4.62. The van der Waals surface area contributed by atoms with E-state index in [0.717, 1.165) is 43.5 Å². The normalized spacial score (nSPS) is 18.1. The lowest BCUT2D eigenvalue weighted by Gasteiger charge is -2.36. The van der Waals surface area contributed by atoms with E-state index in [9.17, 15) is 0 Å². The number of piperazine rings is 1. The molecule has 128 valence electrons. The summed E-state index contributed by atoms with van der Waals surface area (Å²) >= 11 is 0. The Balaban J connectivity index is 1.38. The number of fused-ring (bicyclic) bond motifs is 1. The average molecular weight is 334 g/mol. The molecule has 3 aromatic rings. The van der Waals surface area contributed by atoms with E-state index in [1.54, 1.807) is 0 Å². The van der Waals surface area contributed by atoms with Crippen molar-refractivity contribution < 1.29 is 0 Å². The van der Waals surface area contributed by atoms with Gasteiger partial charge >= 0.3 is 0 Å². The molecule has 0 amide bonds. The zero-order valence-electron chi connectivity index (χ0n) is 14.5. The van der Waals surface area contributed by atoms with Gasteiger partial charge in [-0.3, -0.25) is 4.40 Å². The second-order valence-electron chi connectivity index (χ2n) is 7.09. The van der Waals surface area contributed by atoms with E-state index in [4.69, 9.17) is 0 Å². The first kappa shape index (κ1) is 14.7. The first-order valence-corrected chi connectivity index (χ1v) is 9.06. The Bertz CT molecular complexity index is 905. The van der Waals surface area contributed by atoms with Crippen LogP contribution in [-0.2, 0) is 0 Å². The maximum Gasteiger partial charge on any atom is 0.203 e. The molecule has 6 nitrogen and oxygen atoms in total. The minimum absolute atomic E-state index is 0.586. The van der Waals surface area contributed by atoms with Crippen molar-refractivity contribution in [3.63, 3.8) is 0 Å². The van der Waals surface area contributed by atoms with Gasteiger partial charge in [-0.2, -0.15) is 0 Å². The molecule has 0 atom stereocenters. The van der Waals surface area contributed by atoms with E-state index in [1.165, 1.54) is 24.1 Å². The summed E-state index contributed by atoms with van der Waals surface area (Å²) in [6, 6.07) is 8.74. The summed E-state index contributed by atoms with van der Waals surface area (Å²) in [5, 5.41) is 8.86. The third-order valence-corrected chi connectivity index (χ3v) is 5.22. The Morgan fingerprint density at radius 1 is 1.00 bits per heavy atom. The standard InChI is InChI=1S/C19H22N6/c1-14-3-2-4-16(13-14)23-9-11-24(12-10-23)18-19-22-21-17(15-5-6-15)25(19)8-7-20-18/h2-4,7-8,13,15H,5-6,9-12H2,1H3. The number of aryl methyl sites for hydroxylation is 1. The number of hydrogen-bond donors (Lipinski definition) is 0. The van der Waals surface area contributed by atoms with E-state index in [1.807, 2.05) is 12.4 Å². The monoisotopic (exact) mass is 334 g/mol.